The van der Waals surface area contributed by atoms with Crippen molar-refractivity contribution in [2.75, 3.05) is 33.0 Å². The fourth-order valence-corrected chi connectivity index (χ4v) is 1.28. The van der Waals surface area contributed by atoms with E-state index in [9.17, 15) is 0 Å². The molecule has 0 heterocycles. The van der Waals surface area contributed by atoms with Crippen LogP contribution in [0.25, 0.3) is 0 Å². The summed E-state index contributed by atoms with van der Waals surface area (Å²) in [5.74, 6) is 0. The average molecular weight is 202 g/mol. The van der Waals surface area contributed by atoms with E-state index in [0.29, 0.717) is 25.9 Å². The van der Waals surface area contributed by atoms with Gasteiger partial charge in [-0.15, -0.1) is 0 Å². The molecule has 0 bridgehead atoms. The lowest BCUT2D eigenvalue weighted by Gasteiger charge is -2.25. The largest absolute Gasteiger partial charge is 0.379 e. The molecule has 3 nitrogen and oxygen atoms in total. The van der Waals surface area contributed by atoms with Crippen molar-refractivity contribution in [1.29, 1.82) is 0 Å². The topological polar surface area (TPSA) is 27.7 Å². The molecule has 1 fully saturated rings. The summed E-state index contributed by atoms with van der Waals surface area (Å²) >= 11 is 0. The van der Waals surface area contributed by atoms with Crippen molar-refractivity contribution in [1.82, 2.24) is 0 Å². The minimum atomic E-state index is 0.523. The molecule has 1 aliphatic rings. The third kappa shape index (κ3) is 5.58. The van der Waals surface area contributed by atoms with Crippen molar-refractivity contribution in [2.24, 2.45) is 0 Å². The van der Waals surface area contributed by atoms with E-state index in [1.807, 2.05) is 0 Å². The van der Waals surface area contributed by atoms with Crippen molar-refractivity contribution < 1.29 is 14.2 Å². The molecule has 3 heteroatoms. The SMILES string of the molecule is CCCOCCOCCOC1CCC1. The molecule has 0 spiro atoms. The molecular weight excluding hydrogens is 180 g/mol. The molecule has 0 aliphatic heterocycles. The average Bonchev–Trinajstić information content (AvgIpc) is 2.13. The second kappa shape index (κ2) is 8.21. The molecule has 0 aromatic carbocycles. The van der Waals surface area contributed by atoms with E-state index < -0.39 is 0 Å². The highest BCUT2D eigenvalue weighted by Gasteiger charge is 2.16. The molecule has 0 N–H and O–H groups in total. The van der Waals surface area contributed by atoms with Crippen LogP contribution in [0.3, 0.4) is 0 Å². The van der Waals surface area contributed by atoms with Crippen LogP contribution in [0, 0.1) is 0 Å². The first-order chi connectivity index (χ1) is 6.93. The lowest BCUT2D eigenvalue weighted by atomic mass is 9.96. The van der Waals surface area contributed by atoms with Gasteiger partial charge in [-0.2, -0.15) is 0 Å². The third-order valence-electron chi connectivity index (χ3n) is 2.35. The predicted molar refractivity (Wildman–Crippen MR) is 55.5 cm³/mol. The van der Waals surface area contributed by atoms with Crippen LogP contribution >= 0.6 is 0 Å². The highest BCUT2D eigenvalue weighted by molar-refractivity contribution is 4.68. The first-order valence-corrected chi connectivity index (χ1v) is 5.70. The molecule has 1 rings (SSSR count). The standard InChI is InChI=1S/C11H22O3/c1-2-6-12-7-8-13-9-10-14-11-4-3-5-11/h11H,2-10H2,1H3. The fraction of sp³-hybridized carbons (Fsp3) is 1.00. The Bertz CT molecular complexity index is 124. The number of hydrogen-bond acceptors (Lipinski definition) is 3. The molecule has 84 valence electrons. The van der Waals surface area contributed by atoms with Gasteiger partial charge >= 0.3 is 0 Å². The summed E-state index contributed by atoms with van der Waals surface area (Å²) in [5, 5.41) is 0. The normalized spacial score (nSPS) is 16.9. The molecule has 1 aliphatic carbocycles. The van der Waals surface area contributed by atoms with Gasteiger partial charge in [0.15, 0.2) is 0 Å². The second-order valence-electron chi connectivity index (χ2n) is 3.65. The van der Waals surface area contributed by atoms with Crippen LogP contribution in [0.1, 0.15) is 32.6 Å². The van der Waals surface area contributed by atoms with Gasteiger partial charge in [0.1, 0.15) is 0 Å². The van der Waals surface area contributed by atoms with E-state index in [0.717, 1.165) is 19.6 Å². The summed E-state index contributed by atoms with van der Waals surface area (Å²) < 4.78 is 16.2. The highest BCUT2D eigenvalue weighted by atomic mass is 16.5. The smallest absolute Gasteiger partial charge is 0.0704 e. The Labute approximate surface area is 86.7 Å². The predicted octanol–water partition coefficient (Wildman–Crippen LogP) is 2.00. The van der Waals surface area contributed by atoms with Crippen molar-refractivity contribution in [3.63, 3.8) is 0 Å². The van der Waals surface area contributed by atoms with Crippen LogP contribution < -0.4 is 0 Å². The van der Waals surface area contributed by atoms with Crippen molar-refractivity contribution in [3.05, 3.63) is 0 Å². The molecular formula is C11H22O3. The molecule has 0 radical (unpaired) electrons. The van der Waals surface area contributed by atoms with Gasteiger partial charge in [0.25, 0.3) is 0 Å². The molecule has 0 amide bonds. The summed E-state index contributed by atoms with van der Waals surface area (Å²) in [4.78, 5) is 0. The first-order valence-electron chi connectivity index (χ1n) is 5.70. The quantitative estimate of drug-likeness (QED) is 0.535. The lowest BCUT2D eigenvalue weighted by Crippen LogP contribution is -2.23. The maximum atomic E-state index is 5.54. The molecule has 0 saturated heterocycles. The Hall–Kier alpha value is -0.120. The zero-order valence-corrected chi connectivity index (χ0v) is 9.17. The number of ether oxygens (including phenoxy) is 3. The van der Waals surface area contributed by atoms with Gasteiger partial charge < -0.3 is 14.2 Å². The van der Waals surface area contributed by atoms with Crippen molar-refractivity contribution in [2.45, 2.75) is 38.7 Å². The number of rotatable bonds is 9. The number of hydrogen-bond donors (Lipinski definition) is 0. The molecule has 0 aromatic rings. The minimum Gasteiger partial charge on any atom is -0.379 e. The Morgan fingerprint density at radius 2 is 1.57 bits per heavy atom. The van der Waals surface area contributed by atoms with Crippen LogP contribution in [0.5, 0.6) is 0 Å². The molecule has 1 saturated carbocycles. The highest BCUT2D eigenvalue weighted by Crippen LogP contribution is 2.21. The zero-order valence-electron chi connectivity index (χ0n) is 9.17. The van der Waals surface area contributed by atoms with E-state index in [2.05, 4.69) is 6.92 Å². The molecule has 14 heavy (non-hydrogen) atoms. The Kier molecular flexibility index (Phi) is 7.01. The Morgan fingerprint density at radius 3 is 2.14 bits per heavy atom. The van der Waals surface area contributed by atoms with Gasteiger partial charge in [0.05, 0.1) is 32.5 Å². The molecule has 0 unspecified atom stereocenters. The van der Waals surface area contributed by atoms with Crippen LogP contribution in [0.4, 0.5) is 0 Å². The van der Waals surface area contributed by atoms with Gasteiger partial charge in [-0.25, -0.2) is 0 Å². The Morgan fingerprint density at radius 1 is 0.929 bits per heavy atom. The van der Waals surface area contributed by atoms with Crippen LogP contribution in [0.15, 0.2) is 0 Å². The fourth-order valence-electron chi connectivity index (χ4n) is 1.28. The van der Waals surface area contributed by atoms with Crippen molar-refractivity contribution >= 4 is 0 Å². The van der Waals surface area contributed by atoms with E-state index >= 15 is 0 Å². The van der Waals surface area contributed by atoms with E-state index in [-0.39, 0.29) is 0 Å². The van der Waals surface area contributed by atoms with Gasteiger partial charge in [-0.1, -0.05) is 6.92 Å². The van der Waals surface area contributed by atoms with E-state index in [1.165, 1.54) is 19.3 Å². The summed E-state index contributed by atoms with van der Waals surface area (Å²) in [6.45, 7) is 5.77. The van der Waals surface area contributed by atoms with Crippen LogP contribution in [0.2, 0.25) is 0 Å². The van der Waals surface area contributed by atoms with Gasteiger partial charge in [-0.05, 0) is 25.7 Å². The summed E-state index contributed by atoms with van der Waals surface area (Å²) in [6, 6.07) is 0. The summed E-state index contributed by atoms with van der Waals surface area (Å²) in [5.41, 5.74) is 0. The second-order valence-corrected chi connectivity index (χ2v) is 3.65. The van der Waals surface area contributed by atoms with E-state index in [4.69, 9.17) is 14.2 Å². The van der Waals surface area contributed by atoms with Gasteiger partial charge in [-0.3, -0.25) is 0 Å². The summed E-state index contributed by atoms with van der Waals surface area (Å²) in [7, 11) is 0. The monoisotopic (exact) mass is 202 g/mol. The van der Waals surface area contributed by atoms with E-state index in [1.54, 1.807) is 0 Å². The maximum Gasteiger partial charge on any atom is 0.0704 e. The van der Waals surface area contributed by atoms with Crippen LogP contribution in [-0.2, 0) is 14.2 Å². The Balaban J connectivity index is 1.67. The third-order valence-corrected chi connectivity index (χ3v) is 2.35. The van der Waals surface area contributed by atoms with Gasteiger partial charge in [0, 0.05) is 6.61 Å². The maximum absolute atomic E-state index is 5.54. The summed E-state index contributed by atoms with van der Waals surface area (Å²) in [6.07, 6.45) is 5.40. The molecule has 0 aromatic heterocycles. The van der Waals surface area contributed by atoms with Crippen molar-refractivity contribution in [3.8, 4) is 0 Å². The minimum absolute atomic E-state index is 0.523. The first kappa shape index (κ1) is 12.0. The zero-order chi connectivity index (χ0) is 10.1. The molecule has 0 atom stereocenters. The lowest BCUT2D eigenvalue weighted by molar-refractivity contribution is -0.0367. The van der Waals surface area contributed by atoms with Crippen LogP contribution in [-0.4, -0.2) is 39.1 Å². The van der Waals surface area contributed by atoms with Gasteiger partial charge in [0.2, 0.25) is 0 Å².